The predicted molar refractivity (Wildman–Crippen MR) is 110 cm³/mol. The Kier molecular flexibility index (Phi) is 7.87. The first kappa shape index (κ1) is 21.3. The van der Waals surface area contributed by atoms with Gasteiger partial charge in [0.25, 0.3) is 5.91 Å². The fourth-order valence-electron chi connectivity index (χ4n) is 2.71. The molecule has 0 unspecified atom stereocenters. The van der Waals surface area contributed by atoms with E-state index in [1.807, 2.05) is 45.9 Å². The maximum Gasteiger partial charge on any atom is 0.251 e. The fraction of sp³-hybridized carbons (Fsp3) is 0.364. The molecule has 0 heterocycles. The van der Waals surface area contributed by atoms with E-state index >= 15 is 0 Å². The van der Waals surface area contributed by atoms with Crippen LogP contribution in [0, 0.1) is 13.8 Å². The van der Waals surface area contributed by atoms with Crippen molar-refractivity contribution in [1.82, 2.24) is 5.32 Å². The van der Waals surface area contributed by atoms with Crippen LogP contribution in [-0.2, 0) is 4.79 Å². The number of anilines is 1. The van der Waals surface area contributed by atoms with Crippen molar-refractivity contribution in [2.75, 3.05) is 25.1 Å². The van der Waals surface area contributed by atoms with Crippen molar-refractivity contribution in [3.8, 4) is 11.5 Å². The second-order valence-electron chi connectivity index (χ2n) is 6.44. The molecule has 0 atom stereocenters. The first-order valence-electron chi connectivity index (χ1n) is 9.50. The number of hydrogen-bond donors (Lipinski definition) is 2. The lowest BCUT2D eigenvalue weighted by Crippen LogP contribution is -2.33. The molecule has 0 bridgehead atoms. The number of ether oxygens (including phenoxy) is 2. The lowest BCUT2D eigenvalue weighted by molar-refractivity contribution is -0.115. The number of amides is 2. The largest absolute Gasteiger partial charge is 0.490 e. The summed E-state index contributed by atoms with van der Waals surface area (Å²) in [5.41, 5.74) is 3.14. The standard InChI is InChI=1S/C22H28N2O4/c1-5-12-28-18-11-10-17(13-19(18)27-6-2)22(26)23-14-20(25)24-21-15(3)8-7-9-16(21)4/h7-11,13H,5-6,12,14H2,1-4H3,(H,23,26)(H,24,25). The number of benzene rings is 2. The van der Waals surface area contributed by atoms with E-state index in [0.717, 1.165) is 23.2 Å². The number of carbonyl (C=O) groups excluding carboxylic acids is 2. The van der Waals surface area contributed by atoms with Crippen molar-refractivity contribution in [3.05, 3.63) is 53.1 Å². The number of para-hydroxylation sites is 1. The molecule has 0 aromatic heterocycles. The Balaban J connectivity index is 2.00. The second-order valence-corrected chi connectivity index (χ2v) is 6.44. The van der Waals surface area contributed by atoms with Crippen LogP contribution in [0.25, 0.3) is 0 Å². The molecule has 0 fully saturated rings. The van der Waals surface area contributed by atoms with Crippen LogP contribution >= 0.6 is 0 Å². The van der Waals surface area contributed by atoms with Gasteiger partial charge in [-0.1, -0.05) is 25.1 Å². The molecule has 0 aliphatic rings. The third kappa shape index (κ3) is 5.74. The van der Waals surface area contributed by atoms with Gasteiger partial charge in [-0.2, -0.15) is 0 Å². The van der Waals surface area contributed by atoms with Crippen molar-refractivity contribution in [3.63, 3.8) is 0 Å². The number of rotatable bonds is 9. The van der Waals surface area contributed by atoms with E-state index in [4.69, 9.17) is 9.47 Å². The highest BCUT2D eigenvalue weighted by molar-refractivity contribution is 6.00. The SMILES string of the molecule is CCCOc1ccc(C(=O)NCC(=O)Nc2c(C)cccc2C)cc1OCC. The molecule has 6 nitrogen and oxygen atoms in total. The van der Waals surface area contributed by atoms with Crippen LogP contribution < -0.4 is 20.1 Å². The average molecular weight is 384 g/mol. The van der Waals surface area contributed by atoms with Crippen molar-refractivity contribution in [1.29, 1.82) is 0 Å². The van der Waals surface area contributed by atoms with Crippen LogP contribution in [0.1, 0.15) is 41.8 Å². The molecular weight excluding hydrogens is 356 g/mol. The molecule has 0 saturated heterocycles. The molecule has 150 valence electrons. The number of aryl methyl sites for hydroxylation is 2. The quantitative estimate of drug-likeness (QED) is 0.688. The van der Waals surface area contributed by atoms with Gasteiger partial charge >= 0.3 is 0 Å². The molecular formula is C22H28N2O4. The molecule has 0 spiro atoms. The van der Waals surface area contributed by atoms with Crippen molar-refractivity contribution >= 4 is 17.5 Å². The van der Waals surface area contributed by atoms with Crippen LogP contribution in [-0.4, -0.2) is 31.6 Å². The minimum absolute atomic E-state index is 0.120. The van der Waals surface area contributed by atoms with E-state index in [1.165, 1.54) is 0 Å². The monoisotopic (exact) mass is 384 g/mol. The topological polar surface area (TPSA) is 76.7 Å². The van der Waals surface area contributed by atoms with Gasteiger partial charge in [0.1, 0.15) is 0 Å². The summed E-state index contributed by atoms with van der Waals surface area (Å²) in [7, 11) is 0. The Hall–Kier alpha value is -3.02. The van der Waals surface area contributed by atoms with Gasteiger partial charge in [0, 0.05) is 11.3 Å². The highest BCUT2D eigenvalue weighted by Crippen LogP contribution is 2.28. The molecule has 6 heteroatoms. The van der Waals surface area contributed by atoms with Gasteiger partial charge in [0.15, 0.2) is 11.5 Å². The maximum atomic E-state index is 12.4. The molecule has 0 aliphatic carbocycles. The minimum atomic E-state index is -0.348. The van der Waals surface area contributed by atoms with Gasteiger partial charge in [0.2, 0.25) is 5.91 Å². The van der Waals surface area contributed by atoms with Crippen LogP contribution in [0.3, 0.4) is 0 Å². The number of carbonyl (C=O) groups is 2. The van der Waals surface area contributed by atoms with Gasteiger partial charge < -0.3 is 20.1 Å². The molecule has 2 amide bonds. The van der Waals surface area contributed by atoms with E-state index in [-0.39, 0.29) is 18.4 Å². The van der Waals surface area contributed by atoms with Crippen LogP contribution in [0.15, 0.2) is 36.4 Å². The van der Waals surface area contributed by atoms with Crippen molar-refractivity contribution in [2.45, 2.75) is 34.1 Å². The summed E-state index contributed by atoms with van der Waals surface area (Å²) >= 11 is 0. The molecule has 2 rings (SSSR count). The second kappa shape index (κ2) is 10.3. The molecule has 0 aliphatic heterocycles. The summed E-state index contributed by atoms with van der Waals surface area (Å²) in [4.78, 5) is 24.7. The first-order valence-corrected chi connectivity index (χ1v) is 9.50. The van der Waals surface area contributed by atoms with Gasteiger partial charge in [0.05, 0.1) is 19.8 Å². The third-order valence-electron chi connectivity index (χ3n) is 4.12. The summed E-state index contributed by atoms with van der Waals surface area (Å²) in [6.07, 6.45) is 0.878. The zero-order chi connectivity index (χ0) is 20.5. The number of hydrogen-bond acceptors (Lipinski definition) is 4. The van der Waals surface area contributed by atoms with Crippen LogP contribution in [0.5, 0.6) is 11.5 Å². The molecule has 2 N–H and O–H groups in total. The minimum Gasteiger partial charge on any atom is -0.490 e. The molecule has 2 aromatic carbocycles. The lowest BCUT2D eigenvalue weighted by atomic mass is 10.1. The summed E-state index contributed by atoms with van der Waals surface area (Å²) in [5, 5.41) is 5.49. The van der Waals surface area contributed by atoms with Crippen LogP contribution in [0.4, 0.5) is 5.69 Å². The van der Waals surface area contributed by atoms with E-state index in [0.29, 0.717) is 30.3 Å². The number of nitrogens with one attached hydrogen (secondary N) is 2. The highest BCUT2D eigenvalue weighted by atomic mass is 16.5. The Bertz CT molecular complexity index is 813. The maximum absolute atomic E-state index is 12.4. The van der Waals surface area contributed by atoms with Crippen molar-refractivity contribution in [2.24, 2.45) is 0 Å². The zero-order valence-corrected chi connectivity index (χ0v) is 16.9. The Labute approximate surface area is 166 Å². The summed E-state index contributed by atoms with van der Waals surface area (Å²) in [6.45, 7) is 8.66. The Morgan fingerprint density at radius 1 is 0.964 bits per heavy atom. The highest BCUT2D eigenvalue weighted by Gasteiger charge is 2.13. The van der Waals surface area contributed by atoms with Crippen molar-refractivity contribution < 1.29 is 19.1 Å². The molecule has 2 aromatic rings. The lowest BCUT2D eigenvalue weighted by Gasteiger charge is -2.14. The molecule has 28 heavy (non-hydrogen) atoms. The van der Waals surface area contributed by atoms with Crippen LogP contribution in [0.2, 0.25) is 0 Å². The average Bonchev–Trinajstić information content (AvgIpc) is 2.68. The van der Waals surface area contributed by atoms with E-state index < -0.39 is 0 Å². The Morgan fingerprint density at radius 2 is 1.68 bits per heavy atom. The van der Waals surface area contributed by atoms with E-state index in [9.17, 15) is 9.59 Å². The molecule has 0 saturated carbocycles. The van der Waals surface area contributed by atoms with Gasteiger partial charge in [-0.05, 0) is 56.5 Å². The first-order chi connectivity index (χ1) is 13.5. The normalized spacial score (nSPS) is 10.3. The Morgan fingerprint density at radius 3 is 2.32 bits per heavy atom. The summed E-state index contributed by atoms with van der Waals surface area (Å²) in [5.74, 6) is 0.495. The predicted octanol–water partition coefficient (Wildman–Crippen LogP) is 3.86. The summed E-state index contributed by atoms with van der Waals surface area (Å²) in [6, 6.07) is 10.8. The van der Waals surface area contributed by atoms with E-state index in [2.05, 4.69) is 10.6 Å². The zero-order valence-electron chi connectivity index (χ0n) is 16.9. The third-order valence-corrected chi connectivity index (χ3v) is 4.12. The fourth-order valence-corrected chi connectivity index (χ4v) is 2.71. The van der Waals surface area contributed by atoms with Gasteiger partial charge in [-0.3, -0.25) is 9.59 Å². The smallest absolute Gasteiger partial charge is 0.251 e. The summed E-state index contributed by atoms with van der Waals surface area (Å²) < 4.78 is 11.2. The van der Waals surface area contributed by atoms with Gasteiger partial charge in [-0.15, -0.1) is 0 Å². The van der Waals surface area contributed by atoms with E-state index in [1.54, 1.807) is 18.2 Å². The van der Waals surface area contributed by atoms with Gasteiger partial charge in [-0.25, -0.2) is 0 Å². The molecule has 0 radical (unpaired) electrons.